The van der Waals surface area contributed by atoms with Crippen LogP contribution in [0.25, 0.3) is 5.82 Å². The molecule has 2 N–H and O–H groups in total. The van der Waals surface area contributed by atoms with Gasteiger partial charge in [-0.2, -0.15) is 4.68 Å². The van der Waals surface area contributed by atoms with Gasteiger partial charge in [-0.25, -0.2) is 14.8 Å². The maximum absolute atomic E-state index is 11.5. The summed E-state index contributed by atoms with van der Waals surface area (Å²) in [5.74, 6) is -0.0443. The number of hydrogen-bond acceptors (Lipinski definition) is 6. The van der Waals surface area contributed by atoms with Gasteiger partial charge in [0.25, 0.3) is 0 Å². The number of aromatic nitrogens is 4. The van der Waals surface area contributed by atoms with Crippen molar-refractivity contribution in [2.24, 2.45) is 0 Å². The largest absolute Gasteiger partial charge is 0.465 e. The molecular weight excluding hydrogens is 210 g/mol. The lowest BCUT2D eigenvalue weighted by Gasteiger charge is -2.04. The number of carbonyl (C=O) groups excluding carboxylic acids is 1. The van der Waals surface area contributed by atoms with Crippen LogP contribution in [-0.2, 0) is 4.74 Å². The minimum Gasteiger partial charge on any atom is -0.465 e. The molecule has 0 aliphatic heterocycles. The van der Waals surface area contributed by atoms with Crippen molar-refractivity contribution in [2.45, 2.75) is 0 Å². The van der Waals surface area contributed by atoms with Gasteiger partial charge in [-0.05, 0) is 12.1 Å². The van der Waals surface area contributed by atoms with Crippen LogP contribution >= 0.6 is 0 Å². The van der Waals surface area contributed by atoms with E-state index < -0.39 is 5.97 Å². The molecule has 0 atom stereocenters. The molecule has 7 nitrogen and oxygen atoms in total. The highest BCUT2D eigenvalue weighted by Crippen LogP contribution is 2.11. The van der Waals surface area contributed by atoms with E-state index in [1.807, 2.05) is 0 Å². The van der Waals surface area contributed by atoms with Crippen molar-refractivity contribution in [3.63, 3.8) is 0 Å². The maximum atomic E-state index is 11.5. The number of ether oxygens (including phenoxy) is 1. The number of pyridine rings is 1. The summed E-state index contributed by atoms with van der Waals surface area (Å²) in [5, 5.41) is 3.87. The van der Waals surface area contributed by atoms with E-state index in [-0.39, 0.29) is 5.95 Å². The number of nitrogens with two attached hydrogens (primary N) is 1. The molecule has 7 heteroatoms. The van der Waals surface area contributed by atoms with E-state index in [1.165, 1.54) is 18.1 Å². The van der Waals surface area contributed by atoms with E-state index in [2.05, 4.69) is 19.8 Å². The number of nitrogen functional groups attached to an aromatic ring is 1. The third kappa shape index (κ3) is 1.70. The number of carbonyl (C=O) groups is 1. The van der Waals surface area contributed by atoms with Crippen LogP contribution in [0, 0.1) is 0 Å². The summed E-state index contributed by atoms with van der Waals surface area (Å²) in [6.45, 7) is 0. The lowest BCUT2D eigenvalue weighted by atomic mass is 10.2. The van der Waals surface area contributed by atoms with Crippen molar-refractivity contribution in [1.82, 2.24) is 19.7 Å². The first-order valence-electron chi connectivity index (χ1n) is 4.43. The number of esters is 1. The summed E-state index contributed by atoms with van der Waals surface area (Å²) >= 11 is 0. The smallest absolute Gasteiger partial charge is 0.341 e. The van der Waals surface area contributed by atoms with Crippen molar-refractivity contribution in [2.75, 3.05) is 12.8 Å². The fourth-order valence-corrected chi connectivity index (χ4v) is 1.23. The van der Waals surface area contributed by atoms with Crippen molar-refractivity contribution in [1.29, 1.82) is 0 Å². The van der Waals surface area contributed by atoms with Gasteiger partial charge in [-0.1, -0.05) is 0 Å². The van der Waals surface area contributed by atoms with E-state index in [0.29, 0.717) is 11.4 Å². The lowest BCUT2D eigenvalue weighted by molar-refractivity contribution is 0.0600. The summed E-state index contributed by atoms with van der Waals surface area (Å²) in [6, 6.07) is 3.22. The summed E-state index contributed by atoms with van der Waals surface area (Å²) in [5.41, 5.74) is 5.69. The van der Waals surface area contributed by atoms with Crippen molar-refractivity contribution in [3.05, 3.63) is 30.2 Å². The average Bonchev–Trinajstić information content (AvgIpc) is 2.75. The molecule has 2 aromatic rings. The SMILES string of the molecule is COC(=O)c1cccnc1-n1cnc(N)n1. The predicted octanol–water partition coefficient (Wildman–Crippen LogP) is 0.0311. The topological polar surface area (TPSA) is 95.9 Å². The molecule has 2 heterocycles. The molecule has 16 heavy (non-hydrogen) atoms. The Hall–Kier alpha value is -2.44. The average molecular weight is 219 g/mol. The Morgan fingerprint density at radius 1 is 1.50 bits per heavy atom. The molecule has 0 aliphatic rings. The summed E-state index contributed by atoms with van der Waals surface area (Å²) in [4.78, 5) is 19.3. The predicted molar refractivity (Wildman–Crippen MR) is 54.9 cm³/mol. The molecule has 82 valence electrons. The first-order valence-corrected chi connectivity index (χ1v) is 4.43. The fourth-order valence-electron chi connectivity index (χ4n) is 1.23. The molecule has 0 saturated carbocycles. The van der Waals surface area contributed by atoms with E-state index in [4.69, 9.17) is 5.73 Å². The molecule has 0 amide bonds. The molecule has 0 unspecified atom stereocenters. The molecule has 2 rings (SSSR count). The normalized spacial score (nSPS) is 10.1. The summed E-state index contributed by atoms with van der Waals surface area (Å²) < 4.78 is 5.95. The van der Waals surface area contributed by atoms with Gasteiger partial charge in [0.15, 0.2) is 5.82 Å². The molecule has 0 bridgehead atoms. The van der Waals surface area contributed by atoms with Gasteiger partial charge >= 0.3 is 5.97 Å². The van der Waals surface area contributed by atoms with Crippen LogP contribution in [0.4, 0.5) is 5.95 Å². The fraction of sp³-hybridized carbons (Fsp3) is 0.111. The summed E-state index contributed by atoms with van der Waals surface area (Å²) in [6.07, 6.45) is 2.92. The van der Waals surface area contributed by atoms with E-state index >= 15 is 0 Å². The van der Waals surface area contributed by atoms with Crippen molar-refractivity contribution >= 4 is 11.9 Å². The molecular formula is C9H9N5O2. The quantitative estimate of drug-likeness (QED) is 0.716. The number of anilines is 1. The van der Waals surface area contributed by atoms with E-state index in [9.17, 15) is 4.79 Å². The first kappa shape index (κ1) is 10.1. The third-order valence-electron chi connectivity index (χ3n) is 1.92. The highest BCUT2D eigenvalue weighted by molar-refractivity contribution is 5.92. The zero-order chi connectivity index (χ0) is 11.5. The van der Waals surface area contributed by atoms with Crippen LogP contribution in [0.1, 0.15) is 10.4 Å². The second kappa shape index (κ2) is 3.97. The van der Waals surface area contributed by atoms with Crippen LogP contribution in [0.15, 0.2) is 24.7 Å². The van der Waals surface area contributed by atoms with Gasteiger partial charge in [-0.15, -0.1) is 5.10 Å². The highest BCUT2D eigenvalue weighted by atomic mass is 16.5. The molecule has 0 saturated heterocycles. The minimum atomic E-state index is -0.489. The van der Waals surface area contributed by atoms with E-state index in [1.54, 1.807) is 18.3 Å². The number of nitrogens with zero attached hydrogens (tertiary/aromatic N) is 4. The minimum absolute atomic E-state index is 0.112. The third-order valence-corrected chi connectivity index (χ3v) is 1.92. The van der Waals surface area contributed by atoms with Gasteiger partial charge in [0, 0.05) is 6.20 Å². The first-order chi connectivity index (χ1) is 7.72. The van der Waals surface area contributed by atoms with Crippen LogP contribution in [0.3, 0.4) is 0 Å². The second-order valence-electron chi connectivity index (χ2n) is 2.91. The summed E-state index contributed by atoms with van der Waals surface area (Å²) in [7, 11) is 1.30. The maximum Gasteiger partial charge on any atom is 0.341 e. The van der Waals surface area contributed by atoms with Gasteiger partial charge in [-0.3, -0.25) is 0 Å². The molecule has 0 fully saturated rings. The zero-order valence-corrected chi connectivity index (χ0v) is 8.49. The van der Waals surface area contributed by atoms with Crippen molar-refractivity contribution in [3.8, 4) is 5.82 Å². The van der Waals surface area contributed by atoms with Gasteiger partial charge in [0.1, 0.15) is 11.9 Å². The number of rotatable bonds is 2. The van der Waals surface area contributed by atoms with Gasteiger partial charge in [0.2, 0.25) is 5.95 Å². The standard InChI is InChI=1S/C9H9N5O2/c1-16-8(15)6-3-2-4-11-7(6)14-5-12-9(10)13-14/h2-5H,1H3,(H2,10,13). The molecule has 0 aliphatic carbocycles. The van der Waals surface area contributed by atoms with Crippen LogP contribution in [0.2, 0.25) is 0 Å². The Balaban J connectivity index is 2.52. The Kier molecular flexibility index (Phi) is 2.50. The van der Waals surface area contributed by atoms with E-state index in [0.717, 1.165) is 0 Å². The zero-order valence-electron chi connectivity index (χ0n) is 8.49. The second-order valence-corrected chi connectivity index (χ2v) is 2.91. The Morgan fingerprint density at radius 3 is 2.94 bits per heavy atom. The molecule has 2 aromatic heterocycles. The Morgan fingerprint density at radius 2 is 2.31 bits per heavy atom. The number of hydrogen-bond donors (Lipinski definition) is 1. The molecule has 0 spiro atoms. The van der Waals surface area contributed by atoms with Crippen LogP contribution < -0.4 is 5.73 Å². The van der Waals surface area contributed by atoms with Crippen LogP contribution in [-0.4, -0.2) is 32.8 Å². The highest BCUT2D eigenvalue weighted by Gasteiger charge is 2.14. The van der Waals surface area contributed by atoms with Gasteiger partial charge < -0.3 is 10.5 Å². The lowest BCUT2D eigenvalue weighted by Crippen LogP contribution is -2.10. The van der Waals surface area contributed by atoms with Crippen LogP contribution in [0.5, 0.6) is 0 Å². The monoisotopic (exact) mass is 219 g/mol. The molecule has 0 aromatic carbocycles. The number of methoxy groups -OCH3 is 1. The Labute approximate surface area is 90.9 Å². The van der Waals surface area contributed by atoms with Crippen molar-refractivity contribution < 1.29 is 9.53 Å². The Bertz CT molecular complexity index is 522. The molecule has 0 radical (unpaired) electrons. The van der Waals surface area contributed by atoms with Gasteiger partial charge in [0.05, 0.1) is 7.11 Å².